The van der Waals surface area contributed by atoms with Crippen molar-refractivity contribution in [3.05, 3.63) is 47.1 Å². The highest BCUT2D eigenvalue weighted by molar-refractivity contribution is 7.47. The van der Waals surface area contributed by atoms with Gasteiger partial charge in [-0.15, -0.1) is 0 Å². The second-order valence-corrected chi connectivity index (χ2v) is 12.3. The Morgan fingerprint density at radius 2 is 1.89 bits per heavy atom. The third kappa shape index (κ3) is 8.28. The smallest absolute Gasteiger partial charge is 0.473 e. The molecule has 3 rings (SSSR count). The largest absolute Gasteiger partial charge is 0.507 e. The average Bonchev–Trinajstić information content (AvgIpc) is 3.61. The van der Waals surface area contributed by atoms with E-state index in [-0.39, 0.29) is 29.3 Å². The molecule has 8 heteroatoms. The lowest BCUT2D eigenvalue weighted by molar-refractivity contribution is -0.144. The van der Waals surface area contributed by atoms with E-state index in [2.05, 4.69) is 26.5 Å². The first-order chi connectivity index (χ1) is 17.4. The van der Waals surface area contributed by atoms with Gasteiger partial charge in [0.25, 0.3) is 0 Å². The second-order valence-electron chi connectivity index (χ2n) is 10.9. The van der Waals surface area contributed by atoms with Gasteiger partial charge in [-0.3, -0.25) is 9.05 Å². The molecule has 0 amide bonds. The minimum absolute atomic E-state index is 0.0823. The van der Waals surface area contributed by atoms with Crippen LogP contribution in [0, 0.1) is 11.8 Å². The summed E-state index contributed by atoms with van der Waals surface area (Å²) >= 11 is 0. The molecule has 0 bridgehead atoms. The number of benzene rings is 1. The van der Waals surface area contributed by atoms with Crippen molar-refractivity contribution < 1.29 is 33.1 Å². The molecule has 2 unspecified atom stereocenters. The Labute approximate surface area is 221 Å². The maximum absolute atomic E-state index is 13.4. The van der Waals surface area contributed by atoms with Crippen LogP contribution in [-0.2, 0) is 24.8 Å². The van der Waals surface area contributed by atoms with Gasteiger partial charge in [0.2, 0.25) is 0 Å². The minimum Gasteiger partial charge on any atom is -0.507 e. The number of phenols is 1. The Morgan fingerprint density at radius 1 is 1.19 bits per heavy atom. The molecule has 4 atom stereocenters. The first-order valence-electron chi connectivity index (χ1n) is 13.5. The Balaban J connectivity index is 1.99. The fourth-order valence-corrected chi connectivity index (χ4v) is 6.17. The minimum atomic E-state index is -4.46. The third-order valence-electron chi connectivity index (χ3n) is 7.05. The zero-order valence-electron chi connectivity index (χ0n) is 22.9. The van der Waals surface area contributed by atoms with Crippen LogP contribution in [0.4, 0.5) is 0 Å². The van der Waals surface area contributed by atoms with Crippen LogP contribution in [0.2, 0.25) is 0 Å². The number of carbonyl (C=O) groups is 1. The quantitative estimate of drug-likeness (QED) is 0.0895. The highest BCUT2D eigenvalue weighted by Crippen LogP contribution is 2.51. The van der Waals surface area contributed by atoms with Crippen molar-refractivity contribution in [1.29, 1.82) is 0 Å². The predicted molar refractivity (Wildman–Crippen MR) is 145 cm³/mol. The van der Waals surface area contributed by atoms with Gasteiger partial charge in [-0.05, 0) is 95.8 Å². The molecule has 0 aliphatic heterocycles. The molecule has 7 nitrogen and oxygen atoms in total. The lowest BCUT2D eigenvalue weighted by Crippen LogP contribution is -2.31. The number of carbonyl (C=O) groups excluding carboxylic acids is 1. The Hall–Kier alpha value is -1.92. The molecule has 0 heterocycles. The number of hydrogen-bond donors (Lipinski definition) is 2. The molecule has 206 valence electrons. The van der Waals surface area contributed by atoms with E-state index in [4.69, 9.17) is 13.8 Å². The number of aromatic hydroxyl groups is 1. The zero-order valence-corrected chi connectivity index (χ0v) is 23.8. The molecule has 1 saturated carbocycles. The Bertz CT molecular complexity index is 1060. The zero-order chi connectivity index (χ0) is 27.3. The van der Waals surface area contributed by atoms with E-state index in [0.717, 1.165) is 49.7 Å². The van der Waals surface area contributed by atoms with Gasteiger partial charge in [0, 0.05) is 11.5 Å². The summed E-state index contributed by atoms with van der Waals surface area (Å²) in [7, 11) is -4.46. The SMILES string of the molecule is C=C(C)[C@@H]1CCC(C)=C[C@H]1c1c(O)cc(CCCCC)cc1OC(=O)C(OP(=O)(O)OC(C)C)C1CC1. The number of esters is 1. The van der Waals surface area contributed by atoms with E-state index >= 15 is 0 Å². The molecule has 2 N–H and O–H groups in total. The highest BCUT2D eigenvalue weighted by Gasteiger charge is 2.44. The van der Waals surface area contributed by atoms with Crippen molar-refractivity contribution in [2.45, 2.75) is 104 Å². The molecule has 1 aromatic carbocycles. The summed E-state index contributed by atoms with van der Waals surface area (Å²) in [5.41, 5.74) is 3.63. The van der Waals surface area contributed by atoms with Gasteiger partial charge < -0.3 is 14.7 Å². The average molecular weight is 535 g/mol. The molecule has 1 aromatic rings. The van der Waals surface area contributed by atoms with Crippen molar-refractivity contribution in [2.75, 3.05) is 0 Å². The van der Waals surface area contributed by atoms with Gasteiger partial charge in [0.1, 0.15) is 11.5 Å². The monoisotopic (exact) mass is 534 g/mol. The van der Waals surface area contributed by atoms with Gasteiger partial charge >= 0.3 is 13.8 Å². The van der Waals surface area contributed by atoms with Crippen molar-refractivity contribution in [1.82, 2.24) is 0 Å². The number of rotatable bonds is 13. The fourth-order valence-electron chi connectivity index (χ4n) is 5.04. The second kappa shape index (κ2) is 12.8. The third-order valence-corrected chi connectivity index (χ3v) is 8.23. The lowest BCUT2D eigenvalue weighted by Gasteiger charge is -2.32. The molecule has 0 spiro atoms. The van der Waals surface area contributed by atoms with Crippen LogP contribution in [-0.4, -0.2) is 28.2 Å². The van der Waals surface area contributed by atoms with Crippen LogP contribution in [0.1, 0.15) is 96.6 Å². The Kier molecular flexibility index (Phi) is 10.2. The number of hydrogen-bond acceptors (Lipinski definition) is 6. The number of phosphoric ester groups is 1. The van der Waals surface area contributed by atoms with Gasteiger partial charge in [0.15, 0.2) is 6.10 Å². The topological polar surface area (TPSA) is 102 Å². The number of unbranched alkanes of at least 4 members (excludes halogenated alkanes) is 2. The summed E-state index contributed by atoms with van der Waals surface area (Å²) in [6.45, 7) is 13.6. The van der Waals surface area contributed by atoms with Crippen LogP contribution in [0.25, 0.3) is 0 Å². The van der Waals surface area contributed by atoms with E-state index in [1.807, 2.05) is 13.0 Å². The standard InChI is InChI=1S/C29H43O7P/c1-7-8-9-10-21-16-25(30)27(24-15-20(6)11-14-23(24)18(2)3)26(17-21)34-29(31)28(22-12-13-22)36-37(32,33)35-19(4)5/h15-17,19,22-24,28,30H,2,7-14H2,1,3-6H3,(H,32,33)/t23-,24+,28?/m0/s1. The molecule has 1 fully saturated rings. The summed E-state index contributed by atoms with van der Waals surface area (Å²) in [5.74, 6) is -0.727. The van der Waals surface area contributed by atoms with Gasteiger partial charge in [-0.25, -0.2) is 9.36 Å². The maximum atomic E-state index is 13.4. The summed E-state index contributed by atoms with van der Waals surface area (Å²) in [6.07, 6.45) is 7.39. The van der Waals surface area contributed by atoms with Crippen molar-refractivity contribution in [3.8, 4) is 11.5 Å². The molecular formula is C29H43O7P. The van der Waals surface area contributed by atoms with Crippen LogP contribution in [0.3, 0.4) is 0 Å². The van der Waals surface area contributed by atoms with E-state index < -0.39 is 26.0 Å². The highest BCUT2D eigenvalue weighted by atomic mass is 31.2. The lowest BCUT2D eigenvalue weighted by atomic mass is 9.73. The molecular weight excluding hydrogens is 491 g/mol. The number of ether oxygens (including phenoxy) is 1. The van der Waals surface area contributed by atoms with Crippen LogP contribution in [0.5, 0.6) is 11.5 Å². The first-order valence-corrected chi connectivity index (χ1v) is 15.0. The number of aryl methyl sites for hydroxylation is 1. The fraction of sp³-hybridized carbons (Fsp3) is 0.621. The van der Waals surface area contributed by atoms with Gasteiger partial charge in [0.05, 0.1) is 6.10 Å². The van der Waals surface area contributed by atoms with E-state index in [9.17, 15) is 19.4 Å². The number of phosphoric acid groups is 1. The molecule has 2 aliphatic carbocycles. The maximum Gasteiger partial charge on any atom is 0.473 e. The van der Waals surface area contributed by atoms with Crippen molar-refractivity contribution in [2.24, 2.45) is 11.8 Å². The summed E-state index contributed by atoms with van der Waals surface area (Å²) in [6, 6.07) is 3.59. The summed E-state index contributed by atoms with van der Waals surface area (Å²) in [4.78, 5) is 23.6. The number of allylic oxidation sites excluding steroid dienone is 3. The first kappa shape index (κ1) is 29.6. The number of phenolic OH excluding ortho intramolecular Hbond substituents is 1. The molecule has 37 heavy (non-hydrogen) atoms. The van der Waals surface area contributed by atoms with Crippen LogP contribution in [0.15, 0.2) is 35.9 Å². The Morgan fingerprint density at radius 3 is 2.49 bits per heavy atom. The molecule has 0 saturated heterocycles. The molecule has 0 aromatic heterocycles. The predicted octanol–water partition coefficient (Wildman–Crippen LogP) is 7.37. The summed E-state index contributed by atoms with van der Waals surface area (Å²) in [5, 5.41) is 11.2. The van der Waals surface area contributed by atoms with E-state index in [1.165, 1.54) is 5.57 Å². The van der Waals surface area contributed by atoms with Crippen LogP contribution >= 0.6 is 7.82 Å². The van der Waals surface area contributed by atoms with Crippen molar-refractivity contribution in [3.63, 3.8) is 0 Å². The molecule has 0 radical (unpaired) electrons. The normalized spacial score (nSPS) is 22.3. The van der Waals surface area contributed by atoms with Crippen molar-refractivity contribution >= 4 is 13.8 Å². The van der Waals surface area contributed by atoms with E-state index in [1.54, 1.807) is 19.9 Å². The summed E-state index contributed by atoms with van der Waals surface area (Å²) < 4.78 is 28.8. The molecule has 2 aliphatic rings. The van der Waals surface area contributed by atoms with Gasteiger partial charge in [-0.2, -0.15) is 0 Å². The van der Waals surface area contributed by atoms with Gasteiger partial charge in [-0.1, -0.05) is 43.6 Å². The van der Waals surface area contributed by atoms with Crippen LogP contribution < -0.4 is 4.74 Å². The van der Waals surface area contributed by atoms with E-state index in [0.29, 0.717) is 18.4 Å².